The monoisotopic (exact) mass is 171 g/mol. The molecule has 1 rings (SSSR count). The van der Waals surface area contributed by atoms with Crippen LogP contribution < -0.4 is 10.6 Å². The third-order valence-corrected chi connectivity index (χ3v) is 2.00. The van der Waals surface area contributed by atoms with Crippen LogP contribution in [0.1, 0.15) is 6.92 Å². The third kappa shape index (κ3) is 2.79. The summed E-state index contributed by atoms with van der Waals surface area (Å²) in [6.45, 7) is 6.91. The zero-order valence-corrected chi connectivity index (χ0v) is 7.60. The Kier molecular flexibility index (Phi) is 4.04. The number of hydrogen-bond donors (Lipinski definition) is 2. The van der Waals surface area contributed by atoms with E-state index in [1.807, 2.05) is 11.8 Å². The van der Waals surface area contributed by atoms with E-state index >= 15 is 0 Å². The van der Waals surface area contributed by atoms with Crippen LogP contribution in [0, 0.1) is 0 Å². The van der Waals surface area contributed by atoms with Crippen LogP contribution in [0.15, 0.2) is 0 Å². The molecule has 4 heteroatoms. The summed E-state index contributed by atoms with van der Waals surface area (Å²) in [5, 5.41) is 6.25. The van der Waals surface area contributed by atoms with Crippen molar-refractivity contribution < 1.29 is 4.79 Å². The van der Waals surface area contributed by atoms with Crippen molar-refractivity contribution in [1.29, 1.82) is 0 Å². The molecule has 0 aromatic carbocycles. The van der Waals surface area contributed by atoms with Gasteiger partial charge >= 0.3 is 0 Å². The first-order valence-electron chi connectivity index (χ1n) is 4.54. The second-order valence-corrected chi connectivity index (χ2v) is 2.91. The van der Waals surface area contributed by atoms with Gasteiger partial charge in [0.25, 0.3) is 0 Å². The second kappa shape index (κ2) is 5.11. The van der Waals surface area contributed by atoms with Crippen molar-refractivity contribution in [3.63, 3.8) is 0 Å². The van der Waals surface area contributed by atoms with Gasteiger partial charge in [-0.3, -0.25) is 4.79 Å². The number of hydrogen-bond acceptors (Lipinski definition) is 3. The Hall–Kier alpha value is -0.610. The molecule has 1 amide bonds. The molecule has 0 bridgehead atoms. The Bertz CT molecular complexity index is 143. The average molecular weight is 171 g/mol. The van der Waals surface area contributed by atoms with Crippen LogP contribution in [0.5, 0.6) is 0 Å². The lowest BCUT2D eigenvalue weighted by Crippen LogP contribution is -2.49. The molecule has 1 aliphatic heterocycles. The number of nitrogens with one attached hydrogen (secondary N) is 2. The van der Waals surface area contributed by atoms with E-state index in [4.69, 9.17) is 0 Å². The van der Waals surface area contributed by atoms with Crippen LogP contribution in [-0.2, 0) is 4.79 Å². The minimum atomic E-state index is 0.221. The Labute approximate surface area is 73.3 Å². The maximum absolute atomic E-state index is 11.4. The zero-order valence-electron chi connectivity index (χ0n) is 7.60. The first kappa shape index (κ1) is 9.48. The molecule has 4 nitrogen and oxygen atoms in total. The highest BCUT2D eigenvalue weighted by Crippen LogP contribution is 1.91. The van der Waals surface area contributed by atoms with Crippen molar-refractivity contribution in [1.82, 2.24) is 15.5 Å². The lowest BCUT2D eigenvalue weighted by atomic mass is 10.3. The summed E-state index contributed by atoms with van der Waals surface area (Å²) in [4.78, 5) is 13.3. The third-order valence-electron chi connectivity index (χ3n) is 2.00. The van der Waals surface area contributed by atoms with Gasteiger partial charge in [0.15, 0.2) is 0 Å². The Morgan fingerprint density at radius 2 is 2.17 bits per heavy atom. The van der Waals surface area contributed by atoms with E-state index in [0.29, 0.717) is 6.54 Å². The summed E-state index contributed by atoms with van der Waals surface area (Å²) >= 11 is 0. The van der Waals surface area contributed by atoms with E-state index in [0.717, 1.165) is 32.7 Å². The average Bonchev–Trinajstić information content (AvgIpc) is 2.15. The lowest BCUT2D eigenvalue weighted by molar-refractivity contribution is -0.130. The van der Waals surface area contributed by atoms with Gasteiger partial charge in [0, 0.05) is 26.2 Å². The predicted octanol–water partition coefficient (Wildman–Crippen LogP) is -0.972. The number of carbonyl (C=O) groups is 1. The maximum atomic E-state index is 11.4. The van der Waals surface area contributed by atoms with Crippen molar-refractivity contribution in [3.8, 4) is 0 Å². The number of nitrogens with zero attached hydrogens (tertiary/aromatic N) is 1. The van der Waals surface area contributed by atoms with Crippen LogP contribution >= 0.6 is 0 Å². The minimum absolute atomic E-state index is 0.221. The Morgan fingerprint density at radius 1 is 1.50 bits per heavy atom. The number of amides is 1. The van der Waals surface area contributed by atoms with E-state index < -0.39 is 0 Å². The smallest absolute Gasteiger partial charge is 0.236 e. The minimum Gasteiger partial charge on any atom is -0.339 e. The van der Waals surface area contributed by atoms with Crippen LogP contribution in [0.25, 0.3) is 0 Å². The van der Waals surface area contributed by atoms with E-state index in [-0.39, 0.29) is 5.91 Å². The van der Waals surface area contributed by atoms with Gasteiger partial charge in [-0.25, -0.2) is 0 Å². The Morgan fingerprint density at radius 3 is 2.75 bits per heavy atom. The molecule has 2 N–H and O–H groups in total. The topological polar surface area (TPSA) is 44.4 Å². The highest BCUT2D eigenvalue weighted by molar-refractivity contribution is 5.78. The van der Waals surface area contributed by atoms with Crippen molar-refractivity contribution in [2.75, 3.05) is 39.3 Å². The number of rotatable bonds is 3. The van der Waals surface area contributed by atoms with Crippen LogP contribution in [-0.4, -0.2) is 50.1 Å². The largest absolute Gasteiger partial charge is 0.339 e. The van der Waals surface area contributed by atoms with Gasteiger partial charge in [0.1, 0.15) is 0 Å². The van der Waals surface area contributed by atoms with Crippen LogP contribution in [0.3, 0.4) is 0 Å². The standard InChI is InChI=1S/C8H17N3O/c1-2-9-7-8(12)11-5-3-10-4-6-11/h9-10H,2-7H2,1H3. The van der Waals surface area contributed by atoms with Gasteiger partial charge < -0.3 is 15.5 Å². The highest BCUT2D eigenvalue weighted by Gasteiger charge is 2.14. The summed E-state index contributed by atoms with van der Waals surface area (Å²) in [6, 6.07) is 0. The summed E-state index contributed by atoms with van der Waals surface area (Å²) in [5.74, 6) is 0.221. The molecule has 0 unspecified atom stereocenters. The molecular weight excluding hydrogens is 154 g/mol. The molecule has 1 aliphatic rings. The van der Waals surface area contributed by atoms with Gasteiger partial charge in [-0.1, -0.05) is 6.92 Å². The second-order valence-electron chi connectivity index (χ2n) is 2.91. The predicted molar refractivity (Wildman–Crippen MR) is 48.0 cm³/mol. The molecule has 70 valence electrons. The fourth-order valence-electron chi connectivity index (χ4n) is 1.26. The molecule has 12 heavy (non-hydrogen) atoms. The Balaban J connectivity index is 2.20. The molecule has 0 radical (unpaired) electrons. The maximum Gasteiger partial charge on any atom is 0.236 e. The zero-order chi connectivity index (χ0) is 8.81. The molecule has 0 saturated carbocycles. The number of likely N-dealkylation sites (N-methyl/N-ethyl adjacent to an activating group) is 1. The molecule has 0 atom stereocenters. The van der Waals surface area contributed by atoms with Gasteiger partial charge in [-0.05, 0) is 6.54 Å². The summed E-state index contributed by atoms with van der Waals surface area (Å²) < 4.78 is 0. The van der Waals surface area contributed by atoms with E-state index in [2.05, 4.69) is 10.6 Å². The molecule has 0 aromatic heterocycles. The van der Waals surface area contributed by atoms with E-state index in [1.165, 1.54) is 0 Å². The SMILES string of the molecule is CCNCC(=O)N1CCNCC1. The van der Waals surface area contributed by atoms with Crippen LogP contribution in [0.4, 0.5) is 0 Å². The quantitative estimate of drug-likeness (QED) is 0.574. The van der Waals surface area contributed by atoms with Crippen molar-refractivity contribution in [3.05, 3.63) is 0 Å². The van der Waals surface area contributed by atoms with Gasteiger partial charge in [0.05, 0.1) is 6.54 Å². The molecule has 0 spiro atoms. The summed E-state index contributed by atoms with van der Waals surface area (Å²) in [6.07, 6.45) is 0. The van der Waals surface area contributed by atoms with E-state index in [9.17, 15) is 4.79 Å². The lowest BCUT2D eigenvalue weighted by Gasteiger charge is -2.27. The van der Waals surface area contributed by atoms with Crippen LogP contribution in [0.2, 0.25) is 0 Å². The molecule has 1 saturated heterocycles. The van der Waals surface area contributed by atoms with Crippen molar-refractivity contribution >= 4 is 5.91 Å². The summed E-state index contributed by atoms with van der Waals surface area (Å²) in [5.41, 5.74) is 0. The number of piperazine rings is 1. The number of carbonyl (C=O) groups excluding carboxylic acids is 1. The van der Waals surface area contributed by atoms with Crippen molar-refractivity contribution in [2.45, 2.75) is 6.92 Å². The van der Waals surface area contributed by atoms with Gasteiger partial charge in [-0.15, -0.1) is 0 Å². The molecule has 1 heterocycles. The van der Waals surface area contributed by atoms with Crippen molar-refractivity contribution in [2.24, 2.45) is 0 Å². The van der Waals surface area contributed by atoms with E-state index in [1.54, 1.807) is 0 Å². The fourth-order valence-corrected chi connectivity index (χ4v) is 1.26. The first-order chi connectivity index (χ1) is 5.84. The molecule has 0 aliphatic carbocycles. The fraction of sp³-hybridized carbons (Fsp3) is 0.875. The highest BCUT2D eigenvalue weighted by atomic mass is 16.2. The first-order valence-corrected chi connectivity index (χ1v) is 4.54. The normalized spacial score (nSPS) is 17.9. The molecular formula is C8H17N3O. The molecule has 0 aromatic rings. The van der Waals surface area contributed by atoms with Gasteiger partial charge in [0.2, 0.25) is 5.91 Å². The molecule has 1 fully saturated rings. The summed E-state index contributed by atoms with van der Waals surface area (Å²) in [7, 11) is 0. The van der Waals surface area contributed by atoms with Gasteiger partial charge in [-0.2, -0.15) is 0 Å².